The molecule has 1 aliphatic heterocycles. The van der Waals surface area contributed by atoms with E-state index in [1.165, 1.54) is 0 Å². The van der Waals surface area contributed by atoms with Crippen molar-refractivity contribution in [3.05, 3.63) is 28.0 Å². The molecule has 0 aromatic carbocycles. The maximum Gasteiger partial charge on any atom is 0.334 e. The molecular weight excluding hydrogens is 172 g/mol. The minimum absolute atomic E-state index is 0.164. The van der Waals surface area contributed by atoms with E-state index in [4.69, 9.17) is 4.74 Å². The van der Waals surface area contributed by atoms with Gasteiger partial charge < -0.3 is 4.74 Å². The molecule has 2 heterocycles. The van der Waals surface area contributed by atoms with Gasteiger partial charge in [-0.25, -0.2) is 4.79 Å². The van der Waals surface area contributed by atoms with Crippen LogP contribution in [0.2, 0.25) is 0 Å². The highest BCUT2D eigenvalue weighted by molar-refractivity contribution is 7.10. The summed E-state index contributed by atoms with van der Waals surface area (Å²) in [5, 5.41) is 1.99. The molecule has 12 heavy (non-hydrogen) atoms. The smallest absolute Gasteiger partial charge is 0.334 e. The summed E-state index contributed by atoms with van der Waals surface area (Å²) in [6, 6.07) is 3.96. The molecule has 1 aromatic heterocycles. The van der Waals surface area contributed by atoms with Gasteiger partial charge in [0.05, 0.1) is 6.61 Å². The highest BCUT2D eigenvalue weighted by Gasteiger charge is 2.18. The van der Waals surface area contributed by atoms with Crippen LogP contribution >= 0.6 is 11.3 Å². The molecule has 0 spiro atoms. The quantitative estimate of drug-likeness (QED) is 0.488. The number of ether oxygens (including phenoxy) is 1. The SMILES string of the molecule is O=C1OCC/C1=C\c1cccs1. The fourth-order valence-corrected chi connectivity index (χ4v) is 1.81. The van der Waals surface area contributed by atoms with Crippen LogP contribution in [0.25, 0.3) is 6.08 Å². The van der Waals surface area contributed by atoms with Crippen molar-refractivity contribution in [1.82, 2.24) is 0 Å². The summed E-state index contributed by atoms with van der Waals surface area (Å²) in [5.41, 5.74) is 0.789. The third kappa shape index (κ3) is 1.41. The molecule has 1 aromatic rings. The number of hydrogen-bond donors (Lipinski definition) is 0. The van der Waals surface area contributed by atoms with Gasteiger partial charge in [0.1, 0.15) is 0 Å². The van der Waals surface area contributed by atoms with Gasteiger partial charge in [-0.15, -0.1) is 11.3 Å². The summed E-state index contributed by atoms with van der Waals surface area (Å²) in [6.07, 6.45) is 2.65. The van der Waals surface area contributed by atoms with Crippen LogP contribution in [-0.4, -0.2) is 12.6 Å². The van der Waals surface area contributed by atoms with Crippen molar-refractivity contribution in [2.24, 2.45) is 0 Å². The van der Waals surface area contributed by atoms with E-state index >= 15 is 0 Å². The fraction of sp³-hybridized carbons (Fsp3) is 0.222. The van der Waals surface area contributed by atoms with Crippen LogP contribution < -0.4 is 0 Å². The predicted molar refractivity (Wildman–Crippen MR) is 47.9 cm³/mol. The van der Waals surface area contributed by atoms with Gasteiger partial charge in [0.15, 0.2) is 0 Å². The lowest BCUT2D eigenvalue weighted by molar-refractivity contribution is -0.134. The van der Waals surface area contributed by atoms with E-state index in [-0.39, 0.29) is 5.97 Å². The molecule has 62 valence electrons. The highest BCUT2D eigenvalue weighted by Crippen LogP contribution is 2.19. The van der Waals surface area contributed by atoms with Crippen molar-refractivity contribution in [1.29, 1.82) is 0 Å². The Morgan fingerprint density at radius 1 is 1.58 bits per heavy atom. The van der Waals surface area contributed by atoms with E-state index in [9.17, 15) is 4.79 Å². The van der Waals surface area contributed by atoms with Crippen molar-refractivity contribution in [3.63, 3.8) is 0 Å². The van der Waals surface area contributed by atoms with E-state index in [1.807, 2.05) is 23.6 Å². The van der Waals surface area contributed by atoms with Crippen LogP contribution in [0, 0.1) is 0 Å². The number of thiophene rings is 1. The van der Waals surface area contributed by atoms with Crippen LogP contribution in [0.5, 0.6) is 0 Å². The van der Waals surface area contributed by atoms with Gasteiger partial charge in [-0.1, -0.05) is 6.07 Å². The zero-order chi connectivity index (χ0) is 8.39. The first-order valence-corrected chi connectivity index (χ1v) is 4.65. The van der Waals surface area contributed by atoms with Crippen molar-refractivity contribution >= 4 is 23.4 Å². The molecule has 0 atom stereocenters. The average molecular weight is 180 g/mol. The summed E-state index contributed by atoms with van der Waals surface area (Å²) < 4.78 is 4.81. The number of carbonyl (C=O) groups is 1. The van der Waals surface area contributed by atoms with E-state index in [2.05, 4.69) is 0 Å². The third-order valence-electron chi connectivity index (χ3n) is 1.73. The van der Waals surface area contributed by atoms with Gasteiger partial charge in [0.25, 0.3) is 0 Å². The van der Waals surface area contributed by atoms with Gasteiger partial charge in [0, 0.05) is 16.9 Å². The summed E-state index contributed by atoms with van der Waals surface area (Å²) in [6.45, 7) is 0.538. The van der Waals surface area contributed by atoms with Gasteiger partial charge in [-0.05, 0) is 17.5 Å². The Kier molecular flexibility index (Phi) is 1.96. The Hall–Kier alpha value is -1.09. The van der Waals surface area contributed by atoms with E-state index in [1.54, 1.807) is 11.3 Å². The van der Waals surface area contributed by atoms with Crippen LogP contribution in [0.15, 0.2) is 23.1 Å². The number of hydrogen-bond acceptors (Lipinski definition) is 3. The van der Waals surface area contributed by atoms with Crippen molar-refractivity contribution in [2.75, 3.05) is 6.61 Å². The number of rotatable bonds is 1. The summed E-state index contributed by atoms with van der Waals surface area (Å²) >= 11 is 1.63. The maximum absolute atomic E-state index is 11.0. The summed E-state index contributed by atoms with van der Waals surface area (Å²) in [4.78, 5) is 12.1. The lowest BCUT2D eigenvalue weighted by atomic mass is 10.2. The van der Waals surface area contributed by atoms with E-state index in [0.29, 0.717) is 6.61 Å². The second kappa shape index (κ2) is 3.11. The molecule has 1 aliphatic rings. The minimum atomic E-state index is -0.164. The molecule has 2 rings (SSSR count). The molecule has 0 radical (unpaired) electrons. The zero-order valence-corrected chi connectivity index (χ0v) is 7.26. The van der Waals surface area contributed by atoms with Gasteiger partial charge in [0.2, 0.25) is 0 Å². The van der Waals surface area contributed by atoms with Crippen LogP contribution in [0.3, 0.4) is 0 Å². The molecule has 0 bridgehead atoms. The largest absolute Gasteiger partial charge is 0.462 e. The number of carbonyl (C=O) groups excluding carboxylic acids is 1. The first-order chi connectivity index (χ1) is 5.86. The maximum atomic E-state index is 11.0. The zero-order valence-electron chi connectivity index (χ0n) is 6.45. The Balaban J connectivity index is 2.23. The molecule has 0 aliphatic carbocycles. The lowest BCUT2D eigenvalue weighted by Gasteiger charge is -1.88. The van der Waals surface area contributed by atoms with Crippen molar-refractivity contribution in [2.45, 2.75) is 6.42 Å². The van der Waals surface area contributed by atoms with Gasteiger partial charge in [-0.3, -0.25) is 0 Å². The number of esters is 1. The summed E-state index contributed by atoms with van der Waals surface area (Å²) in [5.74, 6) is -0.164. The Bertz CT molecular complexity index is 311. The molecule has 2 nitrogen and oxygen atoms in total. The first kappa shape index (κ1) is 7.55. The minimum Gasteiger partial charge on any atom is -0.462 e. The lowest BCUT2D eigenvalue weighted by Crippen LogP contribution is -1.93. The third-order valence-corrected chi connectivity index (χ3v) is 2.55. The Labute approximate surface area is 74.5 Å². The molecule has 0 N–H and O–H groups in total. The van der Waals surface area contributed by atoms with E-state index < -0.39 is 0 Å². The first-order valence-electron chi connectivity index (χ1n) is 3.77. The topological polar surface area (TPSA) is 26.3 Å². The summed E-state index contributed by atoms with van der Waals surface area (Å²) in [7, 11) is 0. The van der Waals surface area contributed by atoms with E-state index in [0.717, 1.165) is 16.9 Å². The molecule has 1 fully saturated rings. The van der Waals surface area contributed by atoms with Crippen LogP contribution in [-0.2, 0) is 9.53 Å². The molecule has 1 saturated heterocycles. The second-order valence-electron chi connectivity index (χ2n) is 2.57. The Morgan fingerprint density at radius 3 is 3.08 bits per heavy atom. The van der Waals surface area contributed by atoms with Crippen LogP contribution in [0.1, 0.15) is 11.3 Å². The fourth-order valence-electron chi connectivity index (χ4n) is 1.12. The molecular formula is C9H8O2S. The average Bonchev–Trinajstić information content (AvgIpc) is 2.65. The number of cyclic esters (lactones) is 1. The van der Waals surface area contributed by atoms with Gasteiger partial charge >= 0.3 is 5.97 Å². The second-order valence-corrected chi connectivity index (χ2v) is 3.55. The standard InChI is InChI=1S/C9H8O2S/c10-9-7(3-4-11-9)6-8-2-1-5-12-8/h1-2,5-6H,3-4H2/b7-6+. The highest BCUT2D eigenvalue weighted by atomic mass is 32.1. The Morgan fingerprint density at radius 2 is 2.50 bits per heavy atom. The molecule has 0 unspecified atom stereocenters. The predicted octanol–water partition coefficient (Wildman–Crippen LogP) is 2.08. The molecule has 3 heteroatoms. The van der Waals surface area contributed by atoms with Gasteiger partial charge in [-0.2, -0.15) is 0 Å². The van der Waals surface area contributed by atoms with Crippen LogP contribution in [0.4, 0.5) is 0 Å². The van der Waals surface area contributed by atoms with Crippen molar-refractivity contribution in [3.8, 4) is 0 Å². The van der Waals surface area contributed by atoms with Crippen molar-refractivity contribution < 1.29 is 9.53 Å². The molecule has 0 amide bonds. The molecule has 0 saturated carbocycles. The normalized spacial score (nSPS) is 20.0. The monoisotopic (exact) mass is 180 g/mol.